The summed E-state index contributed by atoms with van der Waals surface area (Å²) in [5, 5.41) is 7.68. The molecule has 0 radical (unpaired) electrons. The fourth-order valence-electron chi connectivity index (χ4n) is 1.92. The van der Waals surface area contributed by atoms with Crippen molar-refractivity contribution in [1.82, 2.24) is 4.98 Å². The van der Waals surface area contributed by atoms with Crippen molar-refractivity contribution in [2.24, 2.45) is 0 Å². The van der Waals surface area contributed by atoms with Crippen LogP contribution in [-0.4, -0.2) is 16.1 Å². The SMILES string of the molecule is O=C(O)c1c(C(F)(F)F)ccnc1-c1c(Cl)c(Cl)c(Cl)c(Cl)c1Cl. The molecular weight excluding hydrogens is 436 g/mol. The zero-order valence-electron chi connectivity index (χ0n) is 11.0. The third-order valence-corrected chi connectivity index (χ3v) is 5.19. The smallest absolute Gasteiger partial charge is 0.417 e. The van der Waals surface area contributed by atoms with Gasteiger partial charge in [0.05, 0.1) is 41.9 Å². The van der Waals surface area contributed by atoms with Crippen LogP contribution in [0.3, 0.4) is 0 Å². The highest BCUT2D eigenvalue weighted by Gasteiger charge is 2.38. The molecule has 0 saturated heterocycles. The second-order valence-electron chi connectivity index (χ2n) is 4.33. The Labute approximate surface area is 157 Å². The topological polar surface area (TPSA) is 50.2 Å². The van der Waals surface area contributed by atoms with Crippen molar-refractivity contribution < 1.29 is 23.1 Å². The Balaban J connectivity index is 2.97. The van der Waals surface area contributed by atoms with Crippen LogP contribution in [0.1, 0.15) is 15.9 Å². The number of carbonyl (C=O) groups is 1. The minimum absolute atomic E-state index is 0.221. The van der Waals surface area contributed by atoms with Gasteiger partial charge in [-0.25, -0.2) is 4.79 Å². The van der Waals surface area contributed by atoms with Crippen LogP contribution in [0.15, 0.2) is 12.3 Å². The molecule has 0 aliphatic carbocycles. The summed E-state index contributed by atoms with van der Waals surface area (Å²) < 4.78 is 39.3. The van der Waals surface area contributed by atoms with Gasteiger partial charge in [0.2, 0.25) is 0 Å². The van der Waals surface area contributed by atoms with E-state index in [1.54, 1.807) is 0 Å². The summed E-state index contributed by atoms with van der Waals surface area (Å²) in [4.78, 5) is 15.1. The summed E-state index contributed by atoms with van der Waals surface area (Å²) >= 11 is 29.5. The first-order valence-electron chi connectivity index (χ1n) is 5.79. The van der Waals surface area contributed by atoms with Crippen LogP contribution in [0.4, 0.5) is 13.2 Å². The minimum atomic E-state index is -4.94. The monoisotopic (exact) mass is 437 g/mol. The molecule has 1 aromatic heterocycles. The Morgan fingerprint density at radius 3 is 1.83 bits per heavy atom. The number of rotatable bonds is 2. The van der Waals surface area contributed by atoms with Gasteiger partial charge in [-0.1, -0.05) is 58.0 Å². The molecule has 0 bridgehead atoms. The van der Waals surface area contributed by atoms with Crippen molar-refractivity contribution in [3.63, 3.8) is 0 Å². The summed E-state index contributed by atoms with van der Waals surface area (Å²) in [5.74, 6) is -1.88. The standard InChI is InChI=1S/C13H3Cl5F3NO2/c14-6-5(7(15)9(17)10(18)8(6)16)11-4(12(23)24)3(1-2-22-11)13(19,20)21/h1-2H,(H,23,24). The van der Waals surface area contributed by atoms with Crippen LogP contribution in [-0.2, 0) is 6.18 Å². The lowest BCUT2D eigenvalue weighted by molar-refractivity contribution is -0.138. The maximum Gasteiger partial charge on any atom is 0.417 e. The zero-order valence-corrected chi connectivity index (χ0v) is 14.8. The number of carboxylic acids is 1. The van der Waals surface area contributed by atoms with Crippen LogP contribution >= 0.6 is 58.0 Å². The van der Waals surface area contributed by atoms with Gasteiger partial charge in [-0.15, -0.1) is 0 Å². The number of aromatic carboxylic acids is 1. The van der Waals surface area contributed by atoms with E-state index in [1.807, 2.05) is 0 Å². The van der Waals surface area contributed by atoms with Crippen LogP contribution < -0.4 is 0 Å². The second-order valence-corrected chi connectivity index (χ2v) is 6.22. The number of carboxylic acid groups (broad SMARTS) is 1. The minimum Gasteiger partial charge on any atom is -0.478 e. The Bertz CT molecular complexity index is 825. The molecule has 0 atom stereocenters. The molecular formula is C13H3Cl5F3NO2. The Morgan fingerprint density at radius 1 is 0.958 bits per heavy atom. The van der Waals surface area contributed by atoms with Gasteiger partial charge in [0, 0.05) is 11.8 Å². The van der Waals surface area contributed by atoms with Crippen molar-refractivity contribution in [1.29, 1.82) is 0 Å². The number of benzene rings is 1. The molecule has 3 nitrogen and oxygen atoms in total. The number of hydrogen-bond acceptors (Lipinski definition) is 2. The van der Waals surface area contributed by atoms with Gasteiger partial charge >= 0.3 is 12.1 Å². The molecule has 1 N–H and O–H groups in total. The van der Waals surface area contributed by atoms with E-state index in [1.165, 1.54) is 0 Å². The summed E-state index contributed by atoms with van der Waals surface area (Å²) in [6, 6.07) is 0.522. The number of halogens is 8. The summed E-state index contributed by atoms with van der Waals surface area (Å²) in [7, 11) is 0. The molecule has 11 heteroatoms. The number of alkyl halides is 3. The number of nitrogens with zero attached hydrogens (tertiary/aromatic N) is 1. The molecule has 0 saturated carbocycles. The van der Waals surface area contributed by atoms with Crippen LogP contribution in [0.5, 0.6) is 0 Å². The van der Waals surface area contributed by atoms with E-state index in [2.05, 4.69) is 4.98 Å². The molecule has 0 amide bonds. The third kappa shape index (κ3) is 3.26. The van der Waals surface area contributed by atoms with Gasteiger partial charge in [-0.2, -0.15) is 13.2 Å². The van der Waals surface area contributed by atoms with E-state index in [-0.39, 0.29) is 30.7 Å². The highest BCUT2D eigenvalue weighted by atomic mass is 35.5. The summed E-state index contributed by atoms with van der Waals surface area (Å²) in [5.41, 5.74) is -3.55. The maximum atomic E-state index is 13.1. The first-order chi connectivity index (χ1) is 11.0. The fraction of sp³-hybridized carbons (Fsp3) is 0.0769. The first-order valence-corrected chi connectivity index (χ1v) is 7.68. The molecule has 0 unspecified atom stereocenters. The molecule has 0 aliphatic heterocycles. The lowest BCUT2D eigenvalue weighted by atomic mass is 10.0. The molecule has 1 aromatic carbocycles. The second kappa shape index (κ2) is 6.77. The van der Waals surface area contributed by atoms with Gasteiger partial charge in [-0.3, -0.25) is 4.98 Å². The highest BCUT2D eigenvalue weighted by Crippen LogP contribution is 2.49. The number of pyridine rings is 1. The molecule has 1 heterocycles. The predicted molar refractivity (Wildman–Crippen MR) is 86.7 cm³/mol. The van der Waals surface area contributed by atoms with Crippen LogP contribution in [0.25, 0.3) is 11.3 Å². The van der Waals surface area contributed by atoms with Gasteiger partial charge < -0.3 is 5.11 Å². The Hall–Kier alpha value is -0.920. The first kappa shape index (κ1) is 19.4. The fourth-order valence-corrected chi connectivity index (χ4v) is 3.23. The molecule has 128 valence electrons. The molecule has 2 aromatic rings. The maximum absolute atomic E-state index is 13.1. The van der Waals surface area contributed by atoms with Crippen molar-refractivity contribution in [3.05, 3.63) is 48.5 Å². The quantitative estimate of drug-likeness (QED) is 0.417. The van der Waals surface area contributed by atoms with Crippen LogP contribution in [0.2, 0.25) is 25.1 Å². The number of aromatic nitrogens is 1. The van der Waals surface area contributed by atoms with Crippen molar-refractivity contribution in [3.8, 4) is 11.3 Å². The molecule has 0 aliphatic rings. The van der Waals surface area contributed by atoms with Crippen LogP contribution in [0, 0.1) is 0 Å². The molecule has 24 heavy (non-hydrogen) atoms. The predicted octanol–water partition coefficient (Wildman–Crippen LogP) is 6.73. The Kier molecular flexibility index (Phi) is 5.47. The van der Waals surface area contributed by atoms with E-state index in [0.29, 0.717) is 6.07 Å². The van der Waals surface area contributed by atoms with Gasteiger partial charge in [0.15, 0.2) is 0 Å². The number of hydrogen-bond donors (Lipinski definition) is 1. The molecule has 2 rings (SSSR count). The van der Waals surface area contributed by atoms with E-state index in [0.717, 1.165) is 6.20 Å². The normalized spacial score (nSPS) is 11.7. The lowest BCUT2D eigenvalue weighted by Gasteiger charge is -2.16. The average molecular weight is 439 g/mol. The largest absolute Gasteiger partial charge is 0.478 e. The lowest BCUT2D eigenvalue weighted by Crippen LogP contribution is -2.15. The summed E-state index contributed by atoms with van der Waals surface area (Å²) in [6.07, 6.45) is -4.17. The Morgan fingerprint density at radius 2 is 1.42 bits per heavy atom. The van der Waals surface area contributed by atoms with E-state index < -0.39 is 29.0 Å². The van der Waals surface area contributed by atoms with Gasteiger partial charge in [0.1, 0.15) is 0 Å². The highest BCUT2D eigenvalue weighted by molar-refractivity contribution is 6.56. The van der Waals surface area contributed by atoms with Crippen molar-refractivity contribution in [2.75, 3.05) is 0 Å². The molecule has 0 spiro atoms. The van der Waals surface area contributed by atoms with E-state index in [4.69, 9.17) is 58.0 Å². The van der Waals surface area contributed by atoms with Crippen molar-refractivity contribution in [2.45, 2.75) is 6.18 Å². The van der Waals surface area contributed by atoms with Crippen molar-refractivity contribution >= 4 is 64.0 Å². The third-order valence-electron chi connectivity index (χ3n) is 2.92. The molecule has 0 fully saturated rings. The summed E-state index contributed by atoms with van der Waals surface area (Å²) in [6.45, 7) is 0. The average Bonchev–Trinajstić information content (AvgIpc) is 2.50. The van der Waals surface area contributed by atoms with Gasteiger partial charge in [-0.05, 0) is 6.07 Å². The van der Waals surface area contributed by atoms with E-state index in [9.17, 15) is 23.1 Å². The van der Waals surface area contributed by atoms with E-state index >= 15 is 0 Å². The van der Waals surface area contributed by atoms with Gasteiger partial charge in [0.25, 0.3) is 0 Å². The zero-order chi connectivity index (χ0) is 18.4.